The zero-order valence-electron chi connectivity index (χ0n) is 11.0. The molecule has 0 aliphatic rings. The maximum Gasteiger partial charge on any atom is 0.200 e. The van der Waals surface area contributed by atoms with Crippen LogP contribution in [0.15, 0.2) is 36.4 Å². The Hall–Kier alpha value is -2.14. The van der Waals surface area contributed by atoms with Crippen molar-refractivity contribution < 1.29 is 23.0 Å². The van der Waals surface area contributed by atoms with Gasteiger partial charge in [0.15, 0.2) is 24.0 Å². The Bertz CT molecular complexity index is 674. The highest BCUT2D eigenvalue weighted by Crippen LogP contribution is 2.25. The summed E-state index contributed by atoms with van der Waals surface area (Å²) in [6, 6.07) is 7.61. The predicted molar refractivity (Wildman–Crippen MR) is 74.2 cm³/mol. The molecule has 0 radical (unpaired) electrons. The smallest absolute Gasteiger partial charge is 0.200 e. The molecule has 3 nitrogen and oxygen atoms in total. The molecule has 0 heterocycles. The second-order valence-electron chi connectivity index (χ2n) is 4.14. The summed E-state index contributed by atoms with van der Waals surface area (Å²) in [4.78, 5) is 11.9. The molecule has 0 amide bonds. The van der Waals surface area contributed by atoms with Crippen molar-refractivity contribution in [2.45, 2.75) is 0 Å². The van der Waals surface area contributed by atoms with Gasteiger partial charge in [-0.3, -0.25) is 4.79 Å². The fourth-order valence-electron chi connectivity index (χ4n) is 1.64. The van der Waals surface area contributed by atoms with Crippen molar-refractivity contribution in [2.24, 2.45) is 0 Å². The average Bonchev–Trinajstić information content (AvgIpc) is 2.48. The summed E-state index contributed by atoms with van der Waals surface area (Å²) in [5.74, 6) is -1.83. The van der Waals surface area contributed by atoms with Gasteiger partial charge in [0.05, 0.1) is 12.1 Å². The molecule has 0 aliphatic heterocycles. The number of rotatable bonds is 5. The Kier molecular flexibility index (Phi) is 4.75. The summed E-state index contributed by atoms with van der Waals surface area (Å²) in [6.07, 6.45) is 0. The number of carbonyl (C=O) groups excluding carboxylic acids is 1. The van der Waals surface area contributed by atoms with Gasteiger partial charge in [-0.25, -0.2) is 8.78 Å². The minimum atomic E-state index is -1.03. The molecule has 0 atom stereocenters. The first-order chi connectivity index (χ1) is 10.0. The number of halogens is 3. The van der Waals surface area contributed by atoms with E-state index < -0.39 is 11.6 Å². The molecule has 6 heteroatoms. The van der Waals surface area contributed by atoms with E-state index in [2.05, 4.69) is 0 Å². The van der Waals surface area contributed by atoms with E-state index in [9.17, 15) is 13.6 Å². The number of Topliss-reactive ketones (excluding diaryl/α,β-unsaturated/α-hetero) is 1. The fourth-order valence-corrected chi connectivity index (χ4v) is 1.90. The fraction of sp³-hybridized carbons (Fsp3) is 0.133. The highest BCUT2D eigenvalue weighted by Gasteiger charge is 2.11. The summed E-state index contributed by atoms with van der Waals surface area (Å²) >= 11 is 5.92. The first kappa shape index (κ1) is 15.3. The van der Waals surface area contributed by atoms with Crippen LogP contribution in [0.5, 0.6) is 11.5 Å². The molecule has 2 aromatic carbocycles. The van der Waals surface area contributed by atoms with E-state index in [1.165, 1.54) is 19.2 Å². The molecule has 0 fully saturated rings. The lowest BCUT2D eigenvalue weighted by Crippen LogP contribution is -2.11. The van der Waals surface area contributed by atoms with Crippen molar-refractivity contribution in [2.75, 3.05) is 13.7 Å². The summed E-state index contributed by atoms with van der Waals surface area (Å²) in [5, 5.41) is 0.302. The second kappa shape index (κ2) is 6.54. The molecule has 0 spiro atoms. The van der Waals surface area contributed by atoms with Gasteiger partial charge in [-0.2, -0.15) is 0 Å². The molecule has 0 saturated carbocycles. The van der Waals surface area contributed by atoms with Gasteiger partial charge in [-0.15, -0.1) is 0 Å². The Morgan fingerprint density at radius 2 is 1.90 bits per heavy atom. The number of benzene rings is 2. The minimum Gasteiger partial charge on any atom is -0.495 e. The van der Waals surface area contributed by atoms with E-state index in [1.807, 2.05) is 0 Å². The van der Waals surface area contributed by atoms with Crippen LogP contribution in [0.4, 0.5) is 8.78 Å². The summed E-state index contributed by atoms with van der Waals surface area (Å²) < 4.78 is 35.9. The van der Waals surface area contributed by atoms with Crippen LogP contribution in [0.1, 0.15) is 10.4 Å². The minimum absolute atomic E-state index is 0.0712. The number of methoxy groups -OCH3 is 1. The molecule has 110 valence electrons. The molecule has 0 aromatic heterocycles. The standard InChI is InChI=1S/C15H11ClF2O3/c1-20-15-5-2-9(6-11(15)16)14(19)8-21-10-3-4-12(17)13(18)7-10/h2-7H,8H2,1H3. The third-order valence-electron chi connectivity index (χ3n) is 2.73. The Morgan fingerprint density at radius 3 is 2.52 bits per heavy atom. The van der Waals surface area contributed by atoms with Crippen LogP contribution < -0.4 is 9.47 Å². The maximum absolute atomic E-state index is 13.0. The molecule has 0 aliphatic carbocycles. The molecule has 0 bridgehead atoms. The first-order valence-corrected chi connectivity index (χ1v) is 6.33. The first-order valence-electron chi connectivity index (χ1n) is 5.96. The number of carbonyl (C=O) groups is 1. The van der Waals surface area contributed by atoms with E-state index >= 15 is 0 Å². The van der Waals surface area contributed by atoms with E-state index in [1.54, 1.807) is 12.1 Å². The molecule has 0 N–H and O–H groups in total. The van der Waals surface area contributed by atoms with Crippen LogP contribution in [0.25, 0.3) is 0 Å². The van der Waals surface area contributed by atoms with Gasteiger partial charge in [-0.05, 0) is 30.3 Å². The monoisotopic (exact) mass is 312 g/mol. The molecule has 2 rings (SSSR count). The highest BCUT2D eigenvalue weighted by atomic mass is 35.5. The molecule has 0 saturated heterocycles. The van der Waals surface area contributed by atoms with Crippen LogP contribution in [0.2, 0.25) is 5.02 Å². The Labute approximate surface area is 125 Å². The van der Waals surface area contributed by atoms with Crippen LogP contribution in [0, 0.1) is 11.6 Å². The maximum atomic E-state index is 13.0. The van der Waals surface area contributed by atoms with Crippen LogP contribution >= 0.6 is 11.6 Å². The lowest BCUT2D eigenvalue weighted by molar-refractivity contribution is 0.0921. The topological polar surface area (TPSA) is 35.5 Å². The second-order valence-corrected chi connectivity index (χ2v) is 4.54. The summed E-state index contributed by atoms with van der Waals surface area (Å²) in [6.45, 7) is -0.312. The Morgan fingerprint density at radius 1 is 1.14 bits per heavy atom. The van der Waals surface area contributed by atoms with Gasteiger partial charge in [0.2, 0.25) is 0 Å². The van der Waals surface area contributed by atoms with Crippen molar-refractivity contribution in [1.82, 2.24) is 0 Å². The quantitative estimate of drug-likeness (QED) is 0.786. The van der Waals surface area contributed by atoms with Crippen molar-refractivity contribution in [3.05, 3.63) is 58.6 Å². The van der Waals surface area contributed by atoms with Crippen molar-refractivity contribution >= 4 is 17.4 Å². The van der Waals surface area contributed by atoms with E-state index in [-0.39, 0.29) is 18.1 Å². The van der Waals surface area contributed by atoms with Crippen LogP contribution in [-0.2, 0) is 0 Å². The average molecular weight is 313 g/mol. The predicted octanol–water partition coefficient (Wildman–Crippen LogP) is 3.89. The third-order valence-corrected chi connectivity index (χ3v) is 3.03. The van der Waals surface area contributed by atoms with Crippen molar-refractivity contribution in [1.29, 1.82) is 0 Å². The van der Waals surface area contributed by atoms with Gasteiger partial charge >= 0.3 is 0 Å². The van der Waals surface area contributed by atoms with Gasteiger partial charge in [0.1, 0.15) is 11.5 Å². The van der Waals surface area contributed by atoms with Crippen molar-refractivity contribution in [3.8, 4) is 11.5 Å². The molecule has 21 heavy (non-hydrogen) atoms. The number of ether oxygens (including phenoxy) is 2. The van der Waals surface area contributed by atoms with Gasteiger partial charge in [0, 0.05) is 11.6 Å². The molecular formula is C15H11ClF2O3. The summed E-state index contributed by atoms with van der Waals surface area (Å²) in [5.41, 5.74) is 0.336. The van der Waals surface area contributed by atoms with E-state index in [0.29, 0.717) is 16.3 Å². The lowest BCUT2D eigenvalue weighted by atomic mass is 10.1. The van der Waals surface area contributed by atoms with Crippen molar-refractivity contribution in [3.63, 3.8) is 0 Å². The van der Waals surface area contributed by atoms with E-state index in [4.69, 9.17) is 21.1 Å². The largest absolute Gasteiger partial charge is 0.495 e. The zero-order valence-corrected chi connectivity index (χ0v) is 11.8. The van der Waals surface area contributed by atoms with Gasteiger partial charge < -0.3 is 9.47 Å². The number of hydrogen-bond donors (Lipinski definition) is 0. The van der Waals surface area contributed by atoms with Crippen LogP contribution in [-0.4, -0.2) is 19.5 Å². The third kappa shape index (κ3) is 3.70. The number of hydrogen-bond acceptors (Lipinski definition) is 3. The number of ketones is 1. The molecule has 2 aromatic rings. The molecular weight excluding hydrogens is 302 g/mol. The van der Waals surface area contributed by atoms with Gasteiger partial charge in [0.25, 0.3) is 0 Å². The summed E-state index contributed by atoms with van der Waals surface area (Å²) in [7, 11) is 1.47. The molecule has 0 unspecified atom stereocenters. The van der Waals surface area contributed by atoms with Gasteiger partial charge in [-0.1, -0.05) is 11.6 Å². The normalized spacial score (nSPS) is 10.3. The van der Waals surface area contributed by atoms with E-state index in [0.717, 1.165) is 12.1 Å². The zero-order chi connectivity index (χ0) is 15.4. The lowest BCUT2D eigenvalue weighted by Gasteiger charge is -2.07. The SMILES string of the molecule is COc1ccc(C(=O)COc2ccc(F)c(F)c2)cc1Cl. The Balaban J connectivity index is 2.04. The van der Waals surface area contributed by atoms with Crippen LogP contribution in [0.3, 0.4) is 0 Å². The highest BCUT2D eigenvalue weighted by molar-refractivity contribution is 6.32.